The molecule has 9 rings (SSSR count). The smallest absolute Gasteiger partial charge is 0.407 e. The van der Waals surface area contributed by atoms with E-state index in [1.165, 1.54) is 26.0 Å². The predicted molar refractivity (Wildman–Crippen MR) is 325 cm³/mol. The van der Waals surface area contributed by atoms with Crippen molar-refractivity contribution in [2.75, 3.05) is 52.7 Å². The van der Waals surface area contributed by atoms with Crippen LogP contribution in [0.2, 0.25) is 0 Å². The molecule has 0 radical (unpaired) electrons. The van der Waals surface area contributed by atoms with Gasteiger partial charge in [0.25, 0.3) is 5.91 Å². The number of esters is 4. The molecule has 3 saturated carbocycles. The Morgan fingerprint density at radius 1 is 0.758 bits per heavy atom. The Balaban J connectivity index is 0.909. The Morgan fingerprint density at radius 2 is 1.36 bits per heavy atom. The van der Waals surface area contributed by atoms with E-state index in [1.54, 1.807) is 92.7 Å². The number of hydrogen-bond donors (Lipinski definition) is 5. The number of ether oxygens (including phenoxy) is 8. The standard InChI is InChI=1S/C69H83N3O19/c1-41-50(38-69(83)56(58(78)45-23-14-10-15-24-45)61-67(6,51(75)37-52-68(61,40-87-52)91-43(3)74)62(79)59(88-42(2)73)55(41)66(69,4)5)89-64(81)60(57(44-21-12-9-13-22-44)72-63(80)46-25-16-11-17-26-46)90-54(77)30-20-29-53(76)70-31-33-84-35-36-85-34-32-71-65(82)86-39-49-47-27-18-7-8-19-28-48(47)49/h9-17,21-26,47-52,56-57,59-61,75,83H,18-20,27-40H2,1-6H3,(H,70,76)(H,71,82)(H,72,80)/t47-,48+,49-,50-,51-,52+,56-,57-,59+,60+,61?,67+,68-,69+/m0/s1. The van der Waals surface area contributed by atoms with Crippen LogP contribution in [0.4, 0.5) is 4.79 Å². The minimum absolute atomic E-state index is 0.0417. The van der Waals surface area contributed by atoms with Gasteiger partial charge in [-0.15, -0.1) is 11.8 Å². The summed E-state index contributed by atoms with van der Waals surface area (Å²) in [5.41, 5.74) is -7.46. The summed E-state index contributed by atoms with van der Waals surface area (Å²) in [7, 11) is 0. The lowest BCUT2D eigenvalue weighted by Gasteiger charge is -2.68. The van der Waals surface area contributed by atoms with Gasteiger partial charge in [-0.25, -0.2) is 9.59 Å². The Hall–Kier alpha value is -7.81. The normalized spacial score (nSPS) is 29.0. The average Bonchev–Trinajstić information content (AvgIpc) is 1.09. The van der Waals surface area contributed by atoms with Crippen LogP contribution >= 0.6 is 0 Å². The van der Waals surface area contributed by atoms with Crippen molar-refractivity contribution >= 4 is 53.4 Å². The average molecular weight is 1260 g/mol. The number of alkyl carbamates (subject to hydrolysis) is 1. The Kier molecular flexibility index (Phi) is 21.7. The fourth-order valence-corrected chi connectivity index (χ4v) is 14.6. The first-order chi connectivity index (χ1) is 43.5. The molecule has 0 aromatic heterocycles. The van der Waals surface area contributed by atoms with Crippen molar-refractivity contribution in [1.82, 2.24) is 16.0 Å². The Morgan fingerprint density at radius 3 is 1.96 bits per heavy atom. The summed E-state index contributed by atoms with van der Waals surface area (Å²) in [4.78, 5) is 127. The van der Waals surface area contributed by atoms with Crippen LogP contribution < -0.4 is 16.0 Å². The summed E-state index contributed by atoms with van der Waals surface area (Å²) in [6, 6.07) is 22.7. The van der Waals surface area contributed by atoms with Gasteiger partial charge in [0.05, 0.1) is 62.7 Å². The van der Waals surface area contributed by atoms with Gasteiger partial charge < -0.3 is 64.1 Å². The zero-order valence-electron chi connectivity index (χ0n) is 52.4. The summed E-state index contributed by atoms with van der Waals surface area (Å²) < 4.78 is 47.3. The number of amides is 3. The monoisotopic (exact) mass is 1260 g/mol. The quantitative estimate of drug-likeness (QED) is 0.0153. The third kappa shape index (κ3) is 14.6. The highest BCUT2D eigenvalue weighted by atomic mass is 16.6. The summed E-state index contributed by atoms with van der Waals surface area (Å²) in [5, 5.41) is 34.8. The Labute approximate surface area is 529 Å². The van der Waals surface area contributed by atoms with E-state index in [2.05, 4.69) is 27.8 Å². The van der Waals surface area contributed by atoms with Crippen molar-refractivity contribution in [3.63, 3.8) is 0 Å². The molecule has 1 unspecified atom stereocenters. The van der Waals surface area contributed by atoms with Crippen LogP contribution in [0.1, 0.15) is 132 Å². The fraction of sp³-hybridized carbons (Fsp3) is 0.551. The van der Waals surface area contributed by atoms with Crippen LogP contribution in [0, 0.1) is 52.3 Å². The number of Topliss-reactive ketones (excluding diaryl/α,β-unsaturated/α-hetero) is 2. The first-order valence-electron chi connectivity index (χ1n) is 31.4. The van der Waals surface area contributed by atoms with Crippen molar-refractivity contribution < 1.29 is 91.3 Å². The van der Waals surface area contributed by atoms with Gasteiger partial charge in [0.2, 0.25) is 12.0 Å². The van der Waals surface area contributed by atoms with E-state index in [0.29, 0.717) is 29.9 Å². The second-order valence-corrected chi connectivity index (χ2v) is 25.2. The highest BCUT2D eigenvalue weighted by Crippen LogP contribution is 2.66. The van der Waals surface area contributed by atoms with E-state index in [1.807, 2.05) is 0 Å². The summed E-state index contributed by atoms with van der Waals surface area (Å²) in [5.74, 6) is -2.03. The molecule has 6 aliphatic rings. The minimum Gasteiger partial charge on any atom is -0.455 e. The van der Waals surface area contributed by atoms with Gasteiger partial charge >= 0.3 is 30.0 Å². The van der Waals surface area contributed by atoms with Crippen LogP contribution in [0.25, 0.3) is 0 Å². The molecule has 3 aromatic carbocycles. The van der Waals surface area contributed by atoms with Gasteiger partial charge in [0, 0.05) is 87.9 Å². The lowest BCUT2D eigenvalue weighted by atomic mass is 9.41. The van der Waals surface area contributed by atoms with Gasteiger partial charge in [-0.1, -0.05) is 92.7 Å². The zero-order chi connectivity index (χ0) is 65.3. The van der Waals surface area contributed by atoms with Crippen molar-refractivity contribution in [3.8, 4) is 11.8 Å². The molecule has 5 N–H and O–H groups in total. The van der Waals surface area contributed by atoms with E-state index in [0.717, 1.165) is 39.5 Å². The molecule has 5 aliphatic carbocycles. The van der Waals surface area contributed by atoms with Gasteiger partial charge in [-0.2, -0.15) is 0 Å². The van der Waals surface area contributed by atoms with Gasteiger partial charge in [0.1, 0.15) is 18.2 Å². The molecule has 1 saturated heterocycles. The topological polar surface area (TPSA) is 304 Å². The van der Waals surface area contributed by atoms with E-state index in [4.69, 9.17) is 37.9 Å². The molecule has 2 bridgehead atoms. The molecular formula is C69H83N3O19. The molecule has 91 heavy (non-hydrogen) atoms. The molecule has 3 amide bonds. The highest BCUT2D eigenvalue weighted by Gasteiger charge is 2.78. The van der Waals surface area contributed by atoms with E-state index >= 15 is 14.4 Å². The molecule has 1 aliphatic heterocycles. The molecule has 22 heteroatoms. The maximum Gasteiger partial charge on any atom is 0.407 e. The number of fused-ring (bicyclic) bond motifs is 6. The zero-order valence-corrected chi connectivity index (χ0v) is 52.4. The highest BCUT2D eigenvalue weighted by molar-refractivity contribution is 6.02. The number of aliphatic hydroxyl groups is 2. The van der Waals surface area contributed by atoms with Crippen LogP contribution in [0.5, 0.6) is 0 Å². The summed E-state index contributed by atoms with van der Waals surface area (Å²) in [6.45, 7) is 9.60. The number of carbonyl (C=O) groups is 9. The number of rotatable bonds is 26. The second kappa shape index (κ2) is 29.2. The largest absolute Gasteiger partial charge is 0.455 e. The number of aliphatic hydroxyl groups excluding tert-OH is 1. The molecule has 0 spiro atoms. The van der Waals surface area contributed by atoms with Crippen LogP contribution in [-0.4, -0.2) is 158 Å². The van der Waals surface area contributed by atoms with Gasteiger partial charge in [-0.05, 0) is 79.7 Å². The van der Waals surface area contributed by atoms with Crippen LogP contribution in [0.3, 0.4) is 0 Å². The van der Waals surface area contributed by atoms with Crippen molar-refractivity contribution in [2.24, 2.45) is 40.4 Å². The van der Waals surface area contributed by atoms with Crippen molar-refractivity contribution in [2.45, 2.75) is 147 Å². The van der Waals surface area contributed by atoms with E-state index in [-0.39, 0.29) is 94.1 Å². The molecule has 4 fully saturated rings. The van der Waals surface area contributed by atoms with Gasteiger partial charge in [0.15, 0.2) is 23.3 Å². The number of hydrogen-bond acceptors (Lipinski definition) is 19. The molecular weight excluding hydrogens is 1170 g/mol. The minimum atomic E-state index is -2.45. The number of nitrogens with one attached hydrogen (secondary N) is 3. The first-order valence-corrected chi connectivity index (χ1v) is 31.4. The predicted octanol–water partition coefficient (Wildman–Crippen LogP) is 6.05. The maximum absolute atomic E-state index is 15.9. The lowest BCUT2D eigenvalue weighted by Crippen LogP contribution is -2.80. The second-order valence-electron chi connectivity index (χ2n) is 25.2. The van der Waals surface area contributed by atoms with Crippen molar-refractivity contribution in [3.05, 3.63) is 119 Å². The molecule has 14 atom stereocenters. The van der Waals surface area contributed by atoms with Crippen molar-refractivity contribution in [1.29, 1.82) is 0 Å². The number of benzene rings is 3. The molecule has 488 valence electrons. The van der Waals surface area contributed by atoms with Gasteiger partial charge in [-0.3, -0.25) is 33.6 Å². The SMILES string of the molecule is CC(=O)O[C@H]1C(=O)[C@@]2(C)C([C@H](C(=O)c3ccccc3)[C@]3(O)C[C@H](OC(=O)[C@H](OC(=O)CCCC(=O)NCCOCCOCCNC(=O)OC[C@@H]4[C@@H]5CCC#CCC[C@@H]54)[C@@H](NC(=O)c4ccccc4)c4ccccc4)C(C)=C1C3(C)C)[C@]1(OC(C)=O)CO[C@@H]1C[C@@H]2O. The van der Waals surface area contributed by atoms with E-state index < -0.39 is 130 Å². The van der Waals surface area contributed by atoms with E-state index in [9.17, 15) is 39.0 Å². The first kappa shape index (κ1) is 67.6. The molecule has 22 nitrogen and oxygen atoms in total. The number of ketones is 2. The molecule has 1 heterocycles. The third-order valence-corrected chi connectivity index (χ3v) is 19.4. The lowest BCUT2D eigenvalue weighted by molar-refractivity contribution is -0.335. The summed E-state index contributed by atoms with van der Waals surface area (Å²) in [6.07, 6.45) is -6.18. The van der Waals surface area contributed by atoms with Crippen LogP contribution in [0.15, 0.2) is 102 Å². The number of carbonyl (C=O) groups excluding carboxylic acids is 9. The maximum atomic E-state index is 15.9. The third-order valence-electron chi connectivity index (χ3n) is 19.4. The fourth-order valence-electron chi connectivity index (χ4n) is 14.6. The molecule has 3 aromatic rings. The van der Waals surface area contributed by atoms with Crippen LogP contribution in [-0.2, 0) is 66.7 Å². The summed E-state index contributed by atoms with van der Waals surface area (Å²) >= 11 is 0. The Bertz CT molecular complexity index is 3260.